The number of ether oxygens (including phenoxy) is 1. The van der Waals surface area contributed by atoms with Crippen molar-refractivity contribution in [3.8, 4) is 0 Å². The number of carbonyl (C=O) groups is 1. The summed E-state index contributed by atoms with van der Waals surface area (Å²) in [6.45, 7) is 3.41. The van der Waals surface area contributed by atoms with Gasteiger partial charge >= 0.3 is 12.3 Å². The lowest BCUT2D eigenvalue weighted by Crippen LogP contribution is -2.53. The maximum atomic E-state index is 12.7. The third kappa shape index (κ3) is 3.92. The number of hydrogen-bond acceptors (Lipinski definition) is 4. The van der Waals surface area contributed by atoms with E-state index in [2.05, 4.69) is 19.0 Å². The van der Waals surface area contributed by atoms with Gasteiger partial charge in [0.25, 0.3) is 0 Å². The Bertz CT molecular complexity index is 874. The summed E-state index contributed by atoms with van der Waals surface area (Å²) in [6, 6.07) is 5.90. The molecule has 0 aliphatic carbocycles. The molecule has 1 unspecified atom stereocenters. The minimum Gasteiger partial charge on any atom is -0.437 e. The van der Waals surface area contributed by atoms with E-state index in [0.717, 1.165) is 57.0 Å². The third-order valence-corrected chi connectivity index (χ3v) is 6.28. The fourth-order valence-electron chi connectivity index (χ4n) is 4.50. The maximum absolute atomic E-state index is 12.7. The number of aromatic nitrogens is 2. The van der Waals surface area contributed by atoms with Crippen LogP contribution in [0.25, 0.3) is 5.65 Å². The topological polar surface area (TPSA) is 50.1 Å². The van der Waals surface area contributed by atoms with Crippen LogP contribution in [0, 0.1) is 0 Å². The number of hydrogen-bond donors (Lipinski definition) is 0. The van der Waals surface area contributed by atoms with Crippen molar-refractivity contribution in [1.82, 2.24) is 19.2 Å². The second-order valence-corrected chi connectivity index (χ2v) is 7.98. The van der Waals surface area contributed by atoms with Crippen LogP contribution in [0.2, 0.25) is 0 Å². The number of pyridine rings is 1. The van der Waals surface area contributed by atoms with Gasteiger partial charge in [0.05, 0.1) is 11.9 Å². The molecule has 2 saturated heterocycles. The van der Waals surface area contributed by atoms with Crippen LogP contribution in [0.5, 0.6) is 0 Å². The van der Waals surface area contributed by atoms with E-state index in [-0.39, 0.29) is 5.54 Å². The van der Waals surface area contributed by atoms with Crippen molar-refractivity contribution >= 4 is 11.7 Å². The van der Waals surface area contributed by atoms with Crippen molar-refractivity contribution in [3.63, 3.8) is 0 Å². The highest BCUT2D eigenvalue weighted by molar-refractivity contribution is 5.68. The first-order chi connectivity index (χ1) is 13.8. The monoisotopic (exact) mass is 410 g/mol. The zero-order chi connectivity index (χ0) is 20.6. The fourth-order valence-corrected chi connectivity index (χ4v) is 4.50. The van der Waals surface area contributed by atoms with E-state index >= 15 is 0 Å². The summed E-state index contributed by atoms with van der Waals surface area (Å²) < 4.78 is 44.6. The first-order valence-electron chi connectivity index (χ1n) is 9.97. The van der Waals surface area contributed by atoms with Gasteiger partial charge in [-0.15, -0.1) is 0 Å². The summed E-state index contributed by atoms with van der Waals surface area (Å²) in [6.07, 6.45) is -0.0352. The molecule has 0 bridgehead atoms. The largest absolute Gasteiger partial charge is 0.437 e. The number of fused-ring (bicyclic) bond motifs is 1. The average molecular weight is 410 g/mol. The molecule has 4 rings (SSSR count). The lowest BCUT2D eigenvalue weighted by molar-refractivity contribution is -0.200. The molecule has 29 heavy (non-hydrogen) atoms. The SMILES string of the molecule is CC(OC(=O)N1CCC2(CCCN2Cc2cnc3ccccn23)CC1)C(F)(F)F. The van der Waals surface area contributed by atoms with E-state index in [1.165, 1.54) is 4.90 Å². The van der Waals surface area contributed by atoms with Crippen LogP contribution in [-0.2, 0) is 11.3 Å². The Morgan fingerprint density at radius 3 is 2.72 bits per heavy atom. The fraction of sp³-hybridized carbons (Fsp3) is 0.600. The molecule has 1 atom stereocenters. The Morgan fingerprint density at radius 1 is 1.24 bits per heavy atom. The van der Waals surface area contributed by atoms with Crippen LogP contribution < -0.4 is 0 Å². The van der Waals surface area contributed by atoms with Crippen molar-refractivity contribution < 1.29 is 22.7 Å². The van der Waals surface area contributed by atoms with Crippen molar-refractivity contribution in [1.29, 1.82) is 0 Å². The second kappa shape index (κ2) is 7.51. The van der Waals surface area contributed by atoms with Gasteiger partial charge in [-0.2, -0.15) is 13.2 Å². The number of nitrogens with zero attached hydrogens (tertiary/aromatic N) is 4. The molecule has 0 radical (unpaired) electrons. The van der Waals surface area contributed by atoms with Crippen LogP contribution in [0.3, 0.4) is 0 Å². The number of imidazole rings is 1. The van der Waals surface area contributed by atoms with Crippen molar-refractivity contribution in [2.45, 2.75) is 57.0 Å². The highest BCUT2D eigenvalue weighted by atomic mass is 19.4. The third-order valence-electron chi connectivity index (χ3n) is 6.28. The van der Waals surface area contributed by atoms with Crippen LogP contribution in [0.1, 0.15) is 38.3 Å². The first kappa shape index (κ1) is 20.0. The quantitative estimate of drug-likeness (QED) is 0.771. The first-order valence-corrected chi connectivity index (χ1v) is 9.97. The highest BCUT2D eigenvalue weighted by Crippen LogP contribution is 2.39. The van der Waals surface area contributed by atoms with E-state index < -0.39 is 18.4 Å². The van der Waals surface area contributed by atoms with Gasteiger partial charge in [-0.05, 0) is 51.3 Å². The summed E-state index contributed by atoms with van der Waals surface area (Å²) in [5.41, 5.74) is 2.00. The normalized spacial score (nSPS) is 21.0. The van der Waals surface area contributed by atoms with E-state index in [9.17, 15) is 18.0 Å². The Balaban J connectivity index is 1.40. The molecule has 2 aliphatic heterocycles. The summed E-state index contributed by atoms with van der Waals surface area (Å²) in [7, 11) is 0. The summed E-state index contributed by atoms with van der Waals surface area (Å²) in [5.74, 6) is 0. The van der Waals surface area contributed by atoms with Crippen LogP contribution in [-0.4, -0.2) is 62.7 Å². The number of amides is 1. The molecule has 0 saturated carbocycles. The molecule has 9 heteroatoms. The summed E-state index contributed by atoms with van der Waals surface area (Å²) >= 11 is 0. The number of alkyl halides is 3. The number of piperidine rings is 1. The Hall–Kier alpha value is -2.29. The lowest BCUT2D eigenvalue weighted by Gasteiger charge is -2.44. The summed E-state index contributed by atoms with van der Waals surface area (Å²) in [5, 5.41) is 0. The van der Waals surface area contributed by atoms with Crippen LogP contribution in [0.15, 0.2) is 30.6 Å². The molecule has 0 N–H and O–H groups in total. The summed E-state index contributed by atoms with van der Waals surface area (Å²) in [4.78, 5) is 20.4. The molecule has 2 aromatic heterocycles. The standard InChI is InChI=1S/C20H25F3N4O2/c1-15(20(21,22)23)29-18(28)25-11-7-19(8-12-25)6-4-9-26(19)14-16-13-24-17-5-2-3-10-27(16)17/h2-3,5,10,13,15H,4,6-9,11-12,14H2,1H3. The van der Waals surface area contributed by atoms with Crippen molar-refractivity contribution in [2.75, 3.05) is 19.6 Å². The molecule has 2 fully saturated rings. The molecule has 1 spiro atoms. The van der Waals surface area contributed by atoms with E-state index in [1.807, 2.05) is 30.6 Å². The zero-order valence-electron chi connectivity index (χ0n) is 16.4. The van der Waals surface area contributed by atoms with Crippen LogP contribution >= 0.6 is 0 Å². The van der Waals surface area contributed by atoms with Gasteiger partial charge in [0.15, 0.2) is 6.10 Å². The molecule has 0 aromatic carbocycles. The predicted molar refractivity (Wildman–Crippen MR) is 100 cm³/mol. The minimum absolute atomic E-state index is 0.0225. The minimum atomic E-state index is -4.54. The highest BCUT2D eigenvalue weighted by Gasteiger charge is 2.45. The molecule has 6 nitrogen and oxygen atoms in total. The average Bonchev–Trinajstić information content (AvgIpc) is 3.27. The number of halogens is 3. The second-order valence-electron chi connectivity index (χ2n) is 7.98. The van der Waals surface area contributed by atoms with E-state index in [1.54, 1.807) is 0 Å². The van der Waals surface area contributed by atoms with Gasteiger partial charge in [-0.25, -0.2) is 9.78 Å². The van der Waals surface area contributed by atoms with Crippen molar-refractivity contribution in [2.24, 2.45) is 0 Å². The van der Waals surface area contributed by atoms with Gasteiger partial charge in [0.1, 0.15) is 5.65 Å². The Labute approximate surface area is 167 Å². The molecule has 4 heterocycles. The van der Waals surface area contributed by atoms with E-state index in [4.69, 9.17) is 0 Å². The Kier molecular flexibility index (Phi) is 5.18. The lowest BCUT2D eigenvalue weighted by atomic mass is 9.85. The van der Waals surface area contributed by atoms with E-state index in [0.29, 0.717) is 13.1 Å². The number of carbonyl (C=O) groups excluding carboxylic acids is 1. The smallest absolute Gasteiger partial charge is 0.425 e. The van der Waals surface area contributed by atoms with Gasteiger partial charge in [0, 0.05) is 31.4 Å². The van der Waals surface area contributed by atoms with Gasteiger partial charge in [-0.1, -0.05) is 6.07 Å². The molecule has 158 valence electrons. The maximum Gasteiger partial charge on any atom is 0.425 e. The molecular formula is C20H25F3N4O2. The Morgan fingerprint density at radius 2 is 2.00 bits per heavy atom. The number of likely N-dealkylation sites (tertiary alicyclic amines) is 2. The molecule has 2 aliphatic rings. The molecule has 2 aromatic rings. The predicted octanol–water partition coefficient (Wildman–Crippen LogP) is 3.85. The van der Waals surface area contributed by atoms with Crippen LogP contribution in [0.4, 0.5) is 18.0 Å². The van der Waals surface area contributed by atoms with Gasteiger partial charge < -0.3 is 14.0 Å². The molecule has 1 amide bonds. The zero-order valence-corrected chi connectivity index (χ0v) is 16.4. The van der Waals surface area contributed by atoms with Gasteiger partial charge in [-0.3, -0.25) is 4.90 Å². The molecular weight excluding hydrogens is 385 g/mol. The van der Waals surface area contributed by atoms with Crippen molar-refractivity contribution in [3.05, 3.63) is 36.3 Å². The van der Waals surface area contributed by atoms with Gasteiger partial charge in [0.2, 0.25) is 0 Å². The number of rotatable bonds is 3.